The zero-order valence-corrected chi connectivity index (χ0v) is 10.7. The molecule has 3 rings (SSSR count). The van der Waals surface area contributed by atoms with Crippen molar-refractivity contribution in [1.29, 1.82) is 0 Å². The van der Waals surface area contributed by atoms with Gasteiger partial charge in [-0.05, 0) is 24.7 Å². The molecule has 0 aliphatic rings. The number of para-hydroxylation sites is 1. The Kier molecular flexibility index (Phi) is 3.20. The van der Waals surface area contributed by atoms with E-state index in [0.29, 0.717) is 0 Å². The average molecular weight is 253 g/mol. The average Bonchev–Trinajstić information content (AvgIpc) is 2.90. The predicted octanol–water partition coefficient (Wildman–Crippen LogP) is 1.92. The highest BCUT2D eigenvalue weighted by atomic mass is 15.3. The van der Waals surface area contributed by atoms with Crippen molar-refractivity contribution in [2.45, 2.75) is 13.5 Å². The minimum atomic E-state index is 0.737. The van der Waals surface area contributed by atoms with E-state index in [9.17, 15) is 0 Å². The Morgan fingerprint density at radius 3 is 2.79 bits per heavy atom. The van der Waals surface area contributed by atoms with Crippen LogP contribution in [0.15, 0.2) is 42.6 Å². The molecule has 96 valence electrons. The van der Waals surface area contributed by atoms with Crippen LogP contribution in [-0.4, -0.2) is 26.5 Å². The van der Waals surface area contributed by atoms with Gasteiger partial charge in [-0.2, -0.15) is 10.2 Å². The van der Waals surface area contributed by atoms with Crippen LogP contribution in [0, 0.1) is 0 Å². The van der Waals surface area contributed by atoms with E-state index < -0.39 is 0 Å². The van der Waals surface area contributed by atoms with Gasteiger partial charge in [0.25, 0.3) is 0 Å². The van der Waals surface area contributed by atoms with Crippen LogP contribution in [0.4, 0.5) is 0 Å². The van der Waals surface area contributed by atoms with E-state index in [1.165, 1.54) is 0 Å². The third-order valence-electron chi connectivity index (χ3n) is 2.96. The van der Waals surface area contributed by atoms with Crippen LogP contribution in [0.5, 0.6) is 0 Å². The molecule has 0 aliphatic heterocycles. The lowest BCUT2D eigenvalue weighted by molar-refractivity contribution is 0.693. The Bertz CT molecular complexity index is 672. The second-order valence-corrected chi connectivity index (χ2v) is 4.28. The lowest BCUT2D eigenvalue weighted by Crippen LogP contribution is -2.13. The Morgan fingerprint density at radius 1 is 1.11 bits per heavy atom. The molecule has 3 aromatic rings. The van der Waals surface area contributed by atoms with E-state index in [2.05, 4.69) is 27.5 Å². The van der Waals surface area contributed by atoms with Crippen LogP contribution in [0.1, 0.15) is 12.6 Å². The molecule has 0 aliphatic carbocycles. The first kappa shape index (κ1) is 11.8. The molecule has 1 N–H and O–H groups in total. The summed E-state index contributed by atoms with van der Waals surface area (Å²) < 4.78 is 1.80. The van der Waals surface area contributed by atoms with Crippen LogP contribution in [0.3, 0.4) is 0 Å². The summed E-state index contributed by atoms with van der Waals surface area (Å²) in [6, 6.07) is 12.0. The van der Waals surface area contributed by atoms with E-state index in [0.717, 1.165) is 35.5 Å². The van der Waals surface area contributed by atoms with Crippen molar-refractivity contribution in [1.82, 2.24) is 25.3 Å². The fraction of sp³-hybridized carbons (Fsp3) is 0.214. The molecular weight excluding hydrogens is 238 g/mol. The number of benzene rings is 1. The number of rotatable bonds is 4. The summed E-state index contributed by atoms with van der Waals surface area (Å²) in [6.45, 7) is 3.73. The number of fused-ring (bicyclic) bond motifs is 1. The van der Waals surface area contributed by atoms with Gasteiger partial charge in [-0.3, -0.25) is 0 Å². The summed E-state index contributed by atoms with van der Waals surface area (Å²) in [5.74, 6) is 0.737. The second-order valence-electron chi connectivity index (χ2n) is 4.28. The monoisotopic (exact) mass is 253 g/mol. The zero-order chi connectivity index (χ0) is 13.1. The molecule has 2 aromatic heterocycles. The Balaban J connectivity index is 1.93. The number of nitrogens with one attached hydrogen (secondary N) is 1. The minimum Gasteiger partial charge on any atom is -0.311 e. The zero-order valence-electron chi connectivity index (χ0n) is 10.7. The molecule has 0 radical (unpaired) electrons. The normalized spacial score (nSPS) is 11.0. The fourth-order valence-electron chi connectivity index (χ4n) is 1.97. The van der Waals surface area contributed by atoms with Crippen molar-refractivity contribution in [3.63, 3.8) is 0 Å². The molecule has 0 fully saturated rings. The molecule has 0 saturated carbocycles. The molecule has 5 nitrogen and oxygen atoms in total. The van der Waals surface area contributed by atoms with E-state index in [1.54, 1.807) is 4.68 Å². The fourth-order valence-corrected chi connectivity index (χ4v) is 1.97. The Morgan fingerprint density at radius 2 is 2.00 bits per heavy atom. The molecule has 0 bridgehead atoms. The number of hydrogen-bond acceptors (Lipinski definition) is 4. The lowest BCUT2D eigenvalue weighted by atomic mass is 10.2. The van der Waals surface area contributed by atoms with Crippen LogP contribution < -0.4 is 5.32 Å². The number of nitrogens with zero attached hydrogens (tertiary/aromatic N) is 4. The van der Waals surface area contributed by atoms with E-state index >= 15 is 0 Å². The third-order valence-corrected chi connectivity index (χ3v) is 2.96. The van der Waals surface area contributed by atoms with Gasteiger partial charge in [-0.15, -0.1) is 5.10 Å². The van der Waals surface area contributed by atoms with Crippen LogP contribution in [0.25, 0.3) is 16.7 Å². The number of aromatic nitrogens is 4. The first-order valence-electron chi connectivity index (χ1n) is 6.35. The van der Waals surface area contributed by atoms with Crippen molar-refractivity contribution in [2.24, 2.45) is 0 Å². The molecular formula is C14H15N5. The van der Waals surface area contributed by atoms with Crippen molar-refractivity contribution >= 4 is 10.9 Å². The Labute approximate surface area is 111 Å². The van der Waals surface area contributed by atoms with Gasteiger partial charge in [0.1, 0.15) is 0 Å². The highest BCUT2D eigenvalue weighted by Gasteiger charge is 2.05. The predicted molar refractivity (Wildman–Crippen MR) is 74.0 cm³/mol. The van der Waals surface area contributed by atoms with Gasteiger partial charge in [-0.1, -0.05) is 25.1 Å². The van der Waals surface area contributed by atoms with Gasteiger partial charge in [0.2, 0.25) is 0 Å². The first-order valence-corrected chi connectivity index (χ1v) is 6.35. The molecule has 0 saturated heterocycles. The van der Waals surface area contributed by atoms with E-state index in [1.807, 2.05) is 42.6 Å². The summed E-state index contributed by atoms with van der Waals surface area (Å²) in [5, 5.41) is 17.1. The Hall–Kier alpha value is -2.27. The molecule has 1 aromatic carbocycles. The van der Waals surface area contributed by atoms with Crippen LogP contribution in [-0.2, 0) is 6.54 Å². The van der Waals surface area contributed by atoms with Gasteiger partial charge in [-0.25, -0.2) is 4.68 Å². The molecule has 5 heteroatoms. The van der Waals surface area contributed by atoms with E-state index in [-0.39, 0.29) is 0 Å². The largest absolute Gasteiger partial charge is 0.311 e. The van der Waals surface area contributed by atoms with Gasteiger partial charge in [0.05, 0.1) is 17.4 Å². The standard InChI is InChI=1S/C14H15N5/c1-2-15-10-12-7-8-14(18-17-12)19-13-6-4-3-5-11(13)9-16-19/h3-9,15H,2,10H2,1H3. The minimum absolute atomic E-state index is 0.737. The maximum absolute atomic E-state index is 4.36. The molecule has 0 atom stereocenters. The molecule has 2 heterocycles. The van der Waals surface area contributed by atoms with Crippen molar-refractivity contribution in [3.05, 3.63) is 48.3 Å². The summed E-state index contributed by atoms with van der Waals surface area (Å²) in [7, 11) is 0. The van der Waals surface area contributed by atoms with Gasteiger partial charge >= 0.3 is 0 Å². The molecule has 19 heavy (non-hydrogen) atoms. The molecule has 0 spiro atoms. The maximum Gasteiger partial charge on any atom is 0.176 e. The summed E-state index contributed by atoms with van der Waals surface area (Å²) in [5.41, 5.74) is 1.97. The van der Waals surface area contributed by atoms with Crippen LogP contribution in [0.2, 0.25) is 0 Å². The lowest BCUT2D eigenvalue weighted by Gasteiger charge is -2.03. The summed E-state index contributed by atoms with van der Waals surface area (Å²) in [6.07, 6.45) is 1.84. The van der Waals surface area contributed by atoms with Crippen molar-refractivity contribution in [3.8, 4) is 5.82 Å². The highest BCUT2D eigenvalue weighted by molar-refractivity contribution is 5.79. The van der Waals surface area contributed by atoms with Gasteiger partial charge in [0.15, 0.2) is 5.82 Å². The van der Waals surface area contributed by atoms with E-state index in [4.69, 9.17) is 0 Å². The third kappa shape index (κ3) is 2.32. The topological polar surface area (TPSA) is 55.6 Å². The quantitative estimate of drug-likeness (QED) is 0.772. The SMILES string of the molecule is CCNCc1ccc(-n2ncc3ccccc32)nn1. The van der Waals surface area contributed by atoms with Gasteiger partial charge in [0, 0.05) is 11.9 Å². The van der Waals surface area contributed by atoms with Crippen molar-refractivity contribution in [2.75, 3.05) is 6.54 Å². The highest BCUT2D eigenvalue weighted by Crippen LogP contribution is 2.15. The van der Waals surface area contributed by atoms with Crippen molar-refractivity contribution < 1.29 is 0 Å². The van der Waals surface area contributed by atoms with Crippen LogP contribution >= 0.6 is 0 Å². The molecule has 0 unspecified atom stereocenters. The second kappa shape index (κ2) is 5.16. The molecule has 0 amide bonds. The first-order chi connectivity index (χ1) is 9.38. The smallest absolute Gasteiger partial charge is 0.176 e. The summed E-state index contributed by atoms with van der Waals surface area (Å²) >= 11 is 0. The van der Waals surface area contributed by atoms with Gasteiger partial charge < -0.3 is 5.32 Å². The summed E-state index contributed by atoms with van der Waals surface area (Å²) in [4.78, 5) is 0. The number of hydrogen-bond donors (Lipinski definition) is 1. The maximum atomic E-state index is 4.36.